The highest BCUT2D eigenvalue weighted by Crippen LogP contribution is 2.22. The normalized spacial score (nSPS) is 17.1. The van der Waals surface area contributed by atoms with E-state index in [4.69, 9.17) is 11.6 Å². The summed E-state index contributed by atoms with van der Waals surface area (Å²) in [7, 11) is 0. The van der Waals surface area contributed by atoms with Gasteiger partial charge in [0.15, 0.2) is 0 Å². The van der Waals surface area contributed by atoms with Crippen LogP contribution in [0.2, 0.25) is 5.02 Å². The average Bonchev–Trinajstić information content (AvgIpc) is 2.46. The molecule has 4 nitrogen and oxygen atoms in total. The molecule has 1 saturated heterocycles. The van der Waals surface area contributed by atoms with E-state index in [0.717, 1.165) is 25.9 Å². The number of benzene rings is 1. The van der Waals surface area contributed by atoms with Crippen molar-refractivity contribution in [3.05, 3.63) is 34.9 Å². The summed E-state index contributed by atoms with van der Waals surface area (Å²) in [4.78, 5) is 11.9. The van der Waals surface area contributed by atoms with Gasteiger partial charge in [0.05, 0.1) is 6.10 Å². The van der Waals surface area contributed by atoms with Gasteiger partial charge in [0.25, 0.3) is 0 Å². The van der Waals surface area contributed by atoms with Crippen molar-refractivity contribution < 1.29 is 9.90 Å². The third kappa shape index (κ3) is 4.63. The second-order valence-electron chi connectivity index (χ2n) is 4.81. The van der Waals surface area contributed by atoms with Crippen molar-refractivity contribution in [2.24, 2.45) is 5.92 Å². The molecule has 1 unspecified atom stereocenters. The minimum absolute atomic E-state index is 0. The number of piperidine rings is 1. The van der Waals surface area contributed by atoms with E-state index in [1.807, 2.05) is 12.1 Å². The molecule has 1 aliphatic rings. The molecular weight excluding hydrogens is 299 g/mol. The van der Waals surface area contributed by atoms with Crippen LogP contribution in [-0.4, -0.2) is 30.6 Å². The van der Waals surface area contributed by atoms with Gasteiger partial charge in [0, 0.05) is 23.0 Å². The SMILES string of the molecule is Cl.O=C(NCC(O)c1ccccc1Cl)C1CCNCC1. The molecule has 1 atom stereocenters. The third-order valence-corrected chi connectivity index (χ3v) is 3.79. The summed E-state index contributed by atoms with van der Waals surface area (Å²) >= 11 is 6.00. The van der Waals surface area contributed by atoms with Gasteiger partial charge < -0.3 is 15.7 Å². The lowest BCUT2D eigenvalue weighted by Crippen LogP contribution is -2.39. The Hall–Kier alpha value is -0.810. The van der Waals surface area contributed by atoms with Crippen molar-refractivity contribution in [2.45, 2.75) is 18.9 Å². The lowest BCUT2D eigenvalue weighted by atomic mass is 9.97. The first-order valence-electron chi connectivity index (χ1n) is 6.59. The first-order chi connectivity index (χ1) is 9.18. The molecule has 1 aromatic rings. The second-order valence-corrected chi connectivity index (χ2v) is 5.21. The maximum Gasteiger partial charge on any atom is 0.223 e. The molecule has 0 spiro atoms. The molecule has 112 valence electrons. The van der Waals surface area contributed by atoms with Gasteiger partial charge in [-0.15, -0.1) is 12.4 Å². The number of aliphatic hydroxyl groups is 1. The number of carbonyl (C=O) groups is 1. The summed E-state index contributed by atoms with van der Waals surface area (Å²) in [5.74, 6) is 0.0762. The van der Waals surface area contributed by atoms with E-state index >= 15 is 0 Å². The van der Waals surface area contributed by atoms with Crippen molar-refractivity contribution in [3.8, 4) is 0 Å². The van der Waals surface area contributed by atoms with Gasteiger partial charge in [0.1, 0.15) is 0 Å². The summed E-state index contributed by atoms with van der Waals surface area (Å²) < 4.78 is 0. The first kappa shape index (κ1) is 17.2. The Labute approximate surface area is 130 Å². The van der Waals surface area contributed by atoms with Crippen molar-refractivity contribution >= 4 is 29.9 Å². The lowest BCUT2D eigenvalue weighted by Gasteiger charge is -2.22. The molecule has 1 fully saturated rings. The molecule has 1 heterocycles. The topological polar surface area (TPSA) is 61.4 Å². The summed E-state index contributed by atoms with van der Waals surface area (Å²) in [6.07, 6.45) is 0.946. The van der Waals surface area contributed by atoms with Gasteiger partial charge in [-0.05, 0) is 32.0 Å². The molecule has 3 N–H and O–H groups in total. The number of halogens is 2. The van der Waals surface area contributed by atoms with Crippen LogP contribution in [0.1, 0.15) is 24.5 Å². The first-order valence-corrected chi connectivity index (χ1v) is 6.97. The molecule has 0 radical (unpaired) electrons. The van der Waals surface area contributed by atoms with Crippen LogP contribution in [0.15, 0.2) is 24.3 Å². The van der Waals surface area contributed by atoms with Crippen molar-refractivity contribution in [1.82, 2.24) is 10.6 Å². The number of carbonyl (C=O) groups excluding carboxylic acids is 1. The van der Waals surface area contributed by atoms with E-state index in [9.17, 15) is 9.90 Å². The Kier molecular flexibility index (Phi) is 7.30. The molecule has 1 aliphatic heterocycles. The standard InChI is InChI=1S/C14H19ClN2O2.ClH/c15-12-4-2-1-3-11(12)13(18)9-17-14(19)10-5-7-16-8-6-10;/h1-4,10,13,16,18H,5-9H2,(H,17,19);1H. The minimum Gasteiger partial charge on any atom is -0.387 e. The number of hydrogen-bond acceptors (Lipinski definition) is 3. The van der Waals surface area contributed by atoms with Gasteiger partial charge in [-0.1, -0.05) is 29.8 Å². The van der Waals surface area contributed by atoms with Gasteiger partial charge in [-0.2, -0.15) is 0 Å². The van der Waals surface area contributed by atoms with Crippen LogP contribution in [-0.2, 0) is 4.79 Å². The fourth-order valence-electron chi connectivity index (χ4n) is 2.28. The van der Waals surface area contributed by atoms with Gasteiger partial charge in [-0.25, -0.2) is 0 Å². The summed E-state index contributed by atoms with van der Waals surface area (Å²) in [6, 6.07) is 7.13. The predicted molar refractivity (Wildman–Crippen MR) is 82.3 cm³/mol. The zero-order valence-electron chi connectivity index (χ0n) is 11.1. The zero-order valence-corrected chi connectivity index (χ0v) is 12.7. The van der Waals surface area contributed by atoms with Gasteiger partial charge in [0.2, 0.25) is 5.91 Å². The monoisotopic (exact) mass is 318 g/mol. The third-order valence-electron chi connectivity index (χ3n) is 3.44. The number of nitrogens with one attached hydrogen (secondary N) is 2. The summed E-state index contributed by atoms with van der Waals surface area (Å²) in [6.45, 7) is 1.96. The largest absolute Gasteiger partial charge is 0.387 e. The van der Waals surface area contributed by atoms with Crippen LogP contribution < -0.4 is 10.6 Å². The molecule has 0 bridgehead atoms. The van der Waals surface area contributed by atoms with E-state index in [2.05, 4.69) is 10.6 Å². The fourth-order valence-corrected chi connectivity index (χ4v) is 2.54. The minimum atomic E-state index is -0.764. The highest BCUT2D eigenvalue weighted by atomic mass is 35.5. The van der Waals surface area contributed by atoms with Gasteiger partial charge in [-0.3, -0.25) is 4.79 Å². The fraction of sp³-hybridized carbons (Fsp3) is 0.500. The number of aliphatic hydroxyl groups excluding tert-OH is 1. The number of hydrogen-bond donors (Lipinski definition) is 3. The average molecular weight is 319 g/mol. The predicted octanol–water partition coefficient (Wildman–Crippen LogP) is 1.91. The molecule has 0 saturated carbocycles. The van der Waals surface area contributed by atoms with Crippen LogP contribution in [0.5, 0.6) is 0 Å². The van der Waals surface area contributed by atoms with Crippen LogP contribution in [0.3, 0.4) is 0 Å². The molecule has 2 rings (SSSR count). The van der Waals surface area contributed by atoms with E-state index in [1.165, 1.54) is 0 Å². The Bertz CT molecular complexity index is 437. The van der Waals surface area contributed by atoms with Crippen molar-refractivity contribution in [1.29, 1.82) is 0 Å². The van der Waals surface area contributed by atoms with Gasteiger partial charge >= 0.3 is 0 Å². The molecular formula is C14H20Cl2N2O2. The quantitative estimate of drug-likeness (QED) is 0.794. The Morgan fingerprint density at radius 1 is 1.40 bits per heavy atom. The molecule has 0 aliphatic carbocycles. The zero-order chi connectivity index (χ0) is 13.7. The maximum absolute atomic E-state index is 11.9. The van der Waals surface area contributed by atoms with Crippen LogP contribution in [0.4, 0.5) is 0 Å². The molecule has 0 aromatic heterocycles. The van der Waals surface area contributed by atoms with E-state index in [-0.39, 0.29) is 30.8 Å². The van der Waals surface area contributed by atoms with Crippen LogP contribution in [0.25, 0.3) is 0 Å². The van der Waals surface area contributed by atoms with E-state index < -0.39 is 6.10 Å². The lowest BCUT2D eigenvalue weighted by molar-refractivity contribution is -0.126. The Morgan fingerprint density at radius 3 is 2.70 bits per heavy atom. The summed E-state index contributed by atoms with van der Waals surface area (Å²) in [5.41, 5.74) is 0.648. The second kappa shape index (κ2) is 8.47. The molecule has 6 heteroatoms. The number of rotatable bonds is 4. The summed E-state index contributed by atoms with van der Waals surface area (Å²) in [5, 5.41) is 16.6. The van der Waals surface area contributed by atoms with E-state index in [1.54, 1.807) is 12.1 Å². The molecule has 20 heavy (non-hydrogen) atoms. The van der Waals surface area contributed by atoms with Crippen LogP contribution in [0, 0.1) is 5.92 Å². The molecule has 1 aromatic carbocycles. The molecule has 1 amide bonds. The van der Waals surface area contributed by atoms with Crippen LogP contribution >= 0.6 is 24.0 Å². The highest BCUT2D eigenvalue weighted by Gasteiger charge is 2.21. The highest BCUT2D eigenvalue weighted by molar-refractivity contribution is 6.31. The van der Waals surface area contributed by atoms with Crippen molar-refractivity contribution in [2.75, 3.05) is 19.6 Å². The Balaban J connectivity index is 0.00000200. The maximum atomic E-state index is 11.9. The number of amides is 1. The van der Waals surface area contributed by atoms with Crippen molar-refractivity contribution in [3.63, 3.8) is 0 Å². The smallest absolute Gasteiger partial charge is 0.223 e. The van der Waals surface area contributed by atoms with E-state index in [0.29, 0.717) is 10.6 Å². The Morgan fingerprint density at radius 2 is 2.05 bits per heavy atom.